The van der Waals surface area contributed by atoms with Gasteiger partial charge in [-0.1, -0.05) is 18.9 Å². The van der Waals surface area contributed by atoms with Crippen molar-refractivity contribution in [2.75, 3.05) is 0 Å². The quantitative estimate of drug-likeness (QED) is 0.684. The van der Waals surface area contributed by atoms with Crippen molar-refractivity contribution in [3.05, 3.63) is 29.6 Å². The van der Waals surface area contributed by atoms with Crippen LogP contribution in [0.15, 0.2) is 18.2 Å². The molecule has 124 valence electrons. The predicted molar refractivity (Wildman–Crippen MR) is 81.3 cm³/mol. The summed E-state index contributed by atoms with van der Waals surface area (Å²) in [6.07, 6.45) is 4.84. The lowest BCUT2D eigenvalue weighted by atomic mass is 9.83. The molecular weight excluding hydrogens is 299 g/mol. The minimum atomic E-state index is -0.666. The molecule has 0 bridgehead atoms. The normalized spacial score (nSPS) is 25.6. The molecule has 5 heteroatoms. The lowest BCUT2D eigenvalue weighted by Gasteiger charge is -2.30. The monoisotopic (exact) mass is 320 g/mol. The first-order valence-corrected chi connectivity index (χ1v) is 8.25. The topological polar surface area (TPSA) is 63.6 Å². The molecule has 1 N–H and O–H groups in total. The Morgan fingerprint density at radius 2 is 1.96 bits per heavy atom. The number of aryl methyl sites for hydroxylation is 1. The highest BCUT2D eigenvalue weighted by Gasteiger charge is 2.42. The van der Waals surface area contributed by atoms with Gasteiger partial charge in [-0.05, 0) is 49.3 Å². The van der Waals surface area contributed by atoms with Crippen LogP contribution in [0.5, 0.6) is 5.75 Å². The van der Waals surface area contributed by atoms with Crippen LogP contribution in [0.4, 0.5) is 4.39 Å². The SMILES string of the molecule is O=C1CC(CCc2ccc(O)c(F)c2)OC(=O)C1C1CCCC1. The van der Waals surface area contributed by atoms with Crippen LogP contribution in [0.2, 0.25) is 0 Å². The molecule has 1 aliphatic heterocycles. The Kier molecular flexibility index (Phi) is 4.64. The van der Waals surface area contributed by atoms with E-state index in [1.807, 2.05) is 0 Å². The second-order valence-electron chi connectivity index (χ2n) is 6.58. The van der Waals surface area contributed by atoms with E-state index in [4.69, 9.17) is 4.74 Å². The van der Waals surface area contributed by atoms with Gasteiger partial charge in [0.15, 0.2) is 17.3 Å². The molecule has 1 saturated carbocycles. The average molecular weight is 320 g/mol. The van der Waals surface area contributed by atoms with Crippen molar-refractivity contribution >= 4 is 11.8 Å². The van der Waals surface area contributed by atoms with E-state index >= 15 is 0 Å². The van der Waals surface area contributed by atoms with Crippen LogP contribution in [0.25, 0.3) is 0 Å². The number of carbonyl (C=O) groups is 2. The van der Waals surface area contributed by atoms with Gasteiger partial charge in [0.2, 0.25) is 0 Å². The van der Waals surface area contributed by atoms with Gasteiger partial charge in [-0.15, -0.1) is 0 Å². The third-order valence-corrected chi connectivity index (χ3v) is 4.95. The molecule has 1 aromatic carbocycles. The molecule has 0 aromatic heterocycles. The summed E-state index contributed by atoms with van der Waals surface area (Å²) in [5.41, 5.74) is 0.710. The number of ether oxygens (including phenoxy) is 1. The number of phenolic OH excluding ortho intramolecular Hbond substituents is 1. The Hall–Kier alpha value is -1.91. The molecule has 2 aliphatic rings. The van der Waals surface area contributed by atoms with E-state index in [-0.39, 0.29) is 29.8 Å². The standard InChI is InChI=1S/C18H21FO4/c19-14-9-11(6-8-15(14)20)5-7-13-10-16(21)17(18(22)23-13)12-3-1-2-4-12/h6,8-9,12-13,17,20H,1-5,7,10H2. The first kappa shape index (κ1) is 16.0. The molecule has 0 spiro atoms. The van der Waals surface area contributed by atoms with Crippen LogP contribution in [0.3, 0.4) is 0 Å². The predicted octanol–water partition coefficient (Wildman–Crippen LogP) is 3.15. The van der Waals surface area contributed by atoms with E-state index in [0.717, 1.165) is 25.7 Å². The summed E-state index contributed by atoms with van der Waals surface area (Å²) in [4.78, 5) is 24.5. The maximum Gasteiger partial charge on any atom is 0.317 e. The number of phenols is 1. The van der Waals surface area contributed by atoms with E-state index in [0.29, 0.717) is 18.4 Å². The number of rotatable bonds is 4. The van der Waals surface area contributed by atoms with Crippen molar-refractivity contribution in [3.8, 4) is 5.75 Å². The Bertz CT molecular complexity index is 589. The summed E-state index contributed by atoms with van der Waals surface area (Å²) in [7, 11) is 0. The van der Waals surface area contributed by atoms with E-state index < -0.39 is 17.8 Å². The Morgan fingerprint density at radius 3 is 2.61 bits per heavy atom. The molecule has 23 heavy (non-hydrogen) atoms. The fraction of sp³-hybridized carbons (Fsp3) is 0.556. The molecule has 0 amide bonds. The zero-order valence-electron chi connectivity index (χ0n) is 13.0. The summed E-state index contributed by atoms with van der Waals surface area (Å²) < 4.78 is 18.8. The number of halogens is 1. The Balaban J connectivity index is 1.57. The van der Waals surface area contributed by atoms with Crippen molar-refractivity contribution in [1.82, 2.24) is 0 Å². The van der Waals surface area contributed by atoms with Crippen molar-refractivity contribution in [2.45, 2.75) is 51.0 Å². The lowest BCUT2D eigenvalue weighted by molar-refractivity contribution is -0.167. The van der Waals surface area contributed by atoms with Gasteiger partial charge in [-0.2, -0.15) is 0 Å². The smallest absolute Gasteiger partial charge is 0.317 e. The second kappa shape index (κ2) is 6.69. The van der Waals surface area contributed by atoms with Gasteiger partial charge in [0.1, 0.15) is 12.0 Å². The molecule has 4 nitrogen and oxygen atoms in total. The van der Waals surface area contributed by atoms with E-state index in [1.54, 1.807) is 6.07 Å². The first-order valence-electron chi connectivity index (χ1n) is 8.25. The first-order chi connectivity index (χ1) is 11.0. The summed E-state index contributed by atoms with van der Waals surface area (Å²) in [6, 6.07) is 4.20. The minimum absolute atomic E-state index is 0.00460. The second-order valence-corrected chi connectivity index (χ2v) is 6.58. The van der Waals surface area contributed by atoms with Gasteiger partial charge in [0.05, 0.1) is 0 Å². The van der Waals surface area contributed by atoms with Crippen LogP contribution in [-0.4, -0.2) is 23.0 Å². The zero-order chi connectivity index (χ0) is 16.4. The van der Waals surface area contributed by atoms with Gasteiger partial charge in [0, 0.05) is 6.42 Å². The summed E-state index contributed by atoms with van der Waals surface area (Å²) >= 11 is 0. The molecule has 1 saturated heterocycles. The van der Waals surface area contributed by atoms with Gasteiger partial charge >= 0.3 is 5.97 Å². The van der Waals surface area contributed by atoms with E-state index in [1.165, 1.54) is 12.1 Å². The van der Waals surface area contributed by atoms with Crippen LogP contribution in [0, 0.1) is 17.7 Å². The number of cyclic esters (lactones) is 1. The molecule has 1 aromatic rings. The summed E-state index contributed by atoms with van der Waals surface area (Å²) in [6.45, 7) is 0. The van der Waals surface area contributed by atoms with Crippen molar-refractivity contribution < 1.29 is 23.8 Å². The average Bonchev–Trinajstić information content (AvgIpc) is 3.02. The van der Waals surface area contributed by atoms with Crippen LogP contribution in [0.1, 0.15) is 44.1 Å². The van der Waals surface area contributed by atoms with Crippen LogP contribution >= 0.6 is 0 Å². The Labute approximate surface area is 134 Å². The third-order valence-electron chi connectivity index (χ3n) is 4.95. The highest BCUT2D eigenvalue weighted by molar-refractivity contribution is 6.01. The Morgan fingerprint density at radius 1 is 1.22 bits per heavy atom. The van der Waals surface area contributed by atoms with Gasteiger partial charge in [0.25, 0.3) is 0 Å². The van der Waals surface area contributed by atoms with E-state index in [2.05, 4.69) is 0 Å². The van der Waals surface area contributed by atoms with Gasteiger partial charge in [-0.3, -0.25) is 9.59 Å². The summed E-state index contributed by atoms with van der Waals surface area (Å²) in [5, 5.41) is 9.17. The molecule has 0 radical (unpaired) electrons. The number of benzene rings is 1. The number of Topliss-reactive ketones (excluding diaryl/α,β-unsaturated/α-hetero) is 1. The van der Waals surface area contributed by atoms with E-state index in [9.17, 15) is 19.1 Å². The van der Waals surface area contributed by atoms with Crippen LogP contribution < -0.4 is 0 Å². The molecule has 2 atom stereocenters. The molecule has 2 unspecified atom stereocenters. The van der Waals surface area contributed by atoms with Crippen molar-refractivity contribution in [1.29, 1.82) is 0 Å². The fourth-order valence-corrected chi connectivity index (χ4v) is 3.70. The minimum Gasteiger partial charge on any atom is -0.505 e. The largest absolute Gasteiger partial charge is 0.505 e. The number of aromatic hydroxyl groups is 1. The van der Waals surface area contributed by atoms with Gasteiger partial charge < -0.3 is 9.84 Å². The lowest BCUT2D eigenvalue weighted by Crippen LogP contribution is -2.41. The molecule has 2 fully saturated rings. The number of hydrogen-bond acceptors (Lipinski definition) is 4. The third kappa shape index (κ3) is 3.54. The number of carbonyl (C=O) groups excluding carboxylic acids is 2. The zero-order valence-corrected chi connectivity index (χ0v) is 13.0. The number of hydrogen-bond donors (Lipinski definition) is 1. The molecular formula is C18H21FO4. The van der Waals surface area contributed by atoms with Gasteiger partial charge in [-0.25, -0.2) is 4.39 Å². The highest BCUT2D eigenvalue weighted by atomic mass is 19.1. The maximum absolute atomic E-state index is 13.3. The summed E-state index contributed by atoms with van der Waals surface area (Å²) in [5.74, 6) is -1.85. The van der Waals surface area contributed by atoms with Crippen molar-refractivity contribution in [2.24, 2.45) is 11.8 Å². The highest BCUT2D eigenvalue weighted by Crippen LogP contribution is 2.36. The number of ketones is 1. The molecule has 1 aliphatic carbocycles. The molecule has 3 rings (SSSR count). The van der Waals surface area contributed by atoms with Crippen LogP contribution in [-0.2, 0) is 20.7 Å². The van der Waals surface area contributed by atoms with Crippen molar-refractivity contribution in [3.63, 3.8) is 0 Å². The maximum atomic E-state index is 13.3. The number of esters is 1. The fourth-order valence-electron chi connectivity index (χ4n) is 3.70. The molecule has 1 heterocycles.